The highest BCUT2D eigenvalue weighted by atomic mass is 32.2. The Hall–Kier alpha value is -2.89. The van der Waals surface area contributed by atoms with Crippen molar-refractivity contribution in [2.75, 3.05) is 13.1 Å². The van der Waals surface area contributed by atoms with E-state index in [9.17, 15) is 23.3 Å². The van der Waals surface area contributed by atoms with Gasteiger partial charge < -0.3 is 4.57 Å². The molecule has 34 heavy (non-hydrogen) atoms. The van der Waals surface area contributed by atoms with Gasteiger partial charge in [-0.25, -0.2) is 8.42 Å². The lowest BCUT2D eigenvalue weighted by atomic mass is 10.2. The molecule has 9 nitrogen and oxygen atoms in total. The topological polar surface area (TPSA) is 115 Å². The van der Waals surface area contributed by atoms with Gasteiger partial charge in [-0.15, -0.1) is 0 Å². The van der Waals surface area contributed by atoms with Crippen molar-refractivity contribution < 1.29 is 18.1 Å². The SMILES string of the molecule is CCCCN(CCCC)S(=O)(=O)c1ccc(C(=O)N=c2sc3ccc([N+](=O)[O-])cc3n2C)cc1. The maximum absolute atomic E-state index is 13.1. The van der Waals surface area contributed by atoms with E-state index in [4.69, 9.17) is 0 Å². The highest BCUT2D eigenvalue weighted by Gasteiger charge is 2.23. The van der Waals surface area contributed by atoms with E-state index in [0.29, 0.717) is 23.4 Å². The van der Waals surface area contributed by atoms with Gasteiger partial charge in [0.2, 0.25) is 10.0 Å². The monoisotopic (exact) mass is 504 g/mol. The molecule has 0 radical (unpaired) electrons. The number of nitro groups is 1. The van der Waals surface area contributed by atoms with Crippen LogP contribution in [0.5, 0.6) is 0 Å². The van der Waals surface area contributed by atoms with Crippen LogP contribution in [0.15, 0.2) is 52.4 Å². The Morgan fingerprint density at radius 3 is 2.26 bits per heavy atom. The summed E-state index contributed by atoms with van der Waals surface area (Å²) in [5, 5.41) is 11.0. The summed E-state index contributed by atoms with van der Waals surface area (Å²) in [6, 6.07) is 10.3. The van der Waals surface area contributed by atoms with Gasteiger partial charge in [0.15, 0.2) is 4.80 Å². The normalized spacial score (nSPS) is 12.5. The summed E-state index contributed by atoms with van der Waals surface area (Å²) in [6.45, 7) is 4.98. The Morgan fingerprint density at radius 1 is 1.09 bits per heavy atom. The molecule has 0 saturated carbocycles. The molecule has 0 aliphatic rings. The van der Waals surface area contributed by atoms with E-state index in [1.807, 2.05) is 13.8 Å². The number of aryl methyl sites for hydroxylation is 1. The molecule has 182 valence electrons. The predicted molar refractivity (Wildman–Crippen MR) is 132 cm³/mol. The third kappa shape index (κ3) is 5.60. The summed E-state index contributed by atoms with van der Waals surface area (Å²) in [7, 11) is -1.96. The van der Waals surface area contributed by atoms with Crippen LogP contribution in [-0.4, -0.2) is 41.2 Å². The lowest BCUT2D eigenvalue weighted by molar-refractivity contribution is -0.384. The molecule has 0 aliphatic carbocycles. The van der Waals surface area contributed by atoms with E-state index < -0.39 is 20.9 Å². The molecule has 0 aliphatic heterocycles. The van der Waals surface area contributed by atoms with Crippen LogP contribution in [-0.2, 0) is 17.1 Å². The highest BCUT2D eigenvalue weighted by Crippen LogP contribution is 2.23. The first kappa shape index (κ1) is 25.7. The average molecular weight is 505 g/mol. The molecule has 0 unspecified atom stereocenters. The molecule has 0 spiro atoms. The number of nitro benzene ring substituents is 1. The Balaban J connectivity index is 1.88. The molecule has 0 bridgehead atoms. The van der Waals surface area contributed by atoms with Gasteiger partial charge in [-0.3, -0.25) is 14.9 Å². The second-order valence-corrected chi connectivity index (χ2v) is 10.9. The van der Waals surface area contributed by atoms with Gasteiger partial charge in [-0.1, -0.05) is 38.0 Å². The van der Waals surface area contributed by atoms with Crippen molar-refractivity contribution >= 4 is 43.2 Å². The van der Waals surface area contributed by atoms with Gasteiger partial charge in [-0.05, 0) is 43.2 Å². The quantitative estimate of drug-likeness (QED) is 0.298. The number of sulfonamides is 1. The summed E-state index contributed by atoms with van der Waals surface area (Å²) in [4.78, 5) is 28.0. The lowest BCUT2D eigenvalue weighted by Gasteiger charge is -2.22. The van der Waals surface area contributed by atoms with Crippen LogP contribution < -0.4 is 4.80 Å². The number of nitrogens with zero attached hydrogens (tertiary/aromatic N) is 4. The standard InChI is InChI=1S/C23H28N4O5S2/c1-4-6-14-26(15-7-5-2)34(31,32)19-11-8-17(9-12-19)22(28)24-23-25(3)20-16-18(27(29)30)10-13-21(20)33-23/h8-13,16H,4-7,14-15H2,1-3H3. The van der Waals surface area contributed by atoms with Crippen LogP contribution in [0.1, 0.15) is 49.9 Å². The average Bonchev–Trinajstić information content (AvgIpc) is 3.13. The molecule has 0 fully saturated rings. The third-order valence-electron chi connectivity index (χ3n) is 5.46. The van der Waals surface area contributed by atoms with Crippen molar-refractivity contribution in [1.29, 1.82) is 0 Å². The van der Waals surface area contributed by atoms with Crippen molar-refractivity contribution in [1.82, 2.24) is 8.87 Å². The number of fused-ring (bicyclic) bond motifs is 1. The number of aromatic nitrogens is 1. The number of unbranched alkanes of at least 4 members (excludes halogenated alkanes) is 2. The summed E-state index contributed by atoms with van der Waals surface area (Å²) < 4.78 is 30.1. The van der Waals surface area contributed by atoms with Crippen LogP contribution in [0.3, 0.4) is 0 Å². The Kier molecular flexibility index (Phi) is 8.34. The summed E-state index contributed by atoms with van der Waals surface area (Å²) in [5.41, 5.74) is 0.824. The van der Waals surface area contributed by atoms with Crippen molar-refractivity contribution in [2.24, 2.45) is 12.0 Å². The zero-order valence-corrected chi connectivity index (χ0v) is 21.1. The van der Waals surface area contributed by atoms with Crippen LogP contribution >= 0.6 is 11.3 Å². The predicted octanol–water partition coefficient (Wildman–Crippen LogP) is 4.48. The van der Waals surface area contributed by atoms with Crippen molar-refractivity contribution in [3.05, 3.63) is 62.9 Å². The number of hydrogen-bond acceptors (Lipinski definition) is 6. The molecular formula is C23H28N4O5S2. The van der Waals surface area contributed by atoms with Crippen molar-refractivity contribution in [3.63, 3.8) is 0 Å². The molecule has 2 aromatic carbocycles. The Bertz CT molecular complexity index is 1350. The van der Waals surface area contributed by atoms with E-state index in [1.165, 1.54) is 52.0 Å². The number of rotatable bonds is 10. The fraction of sp³-hybridized carbons (Fsp3) is 0.391. The first-order chi connectivity index (χ1) is 16.2. The van der Waals surface area contributed by atoms with Gasteiger partial charge in [0.25, 0.3) is 11.6 Å². The molecule has 1 aromatic heterocycles. The van der Waals surface area contributed by atoms with E-state index in [-0.39, 0.29) is 16.1 Å². The van der Waals surface area contributed by atoms with E-state index in [0.717, 1.165) is 30.4 Å². The zero-order chi connectivity index (χ0) is 24.9. The van der Waals surface area contributed by atoms with Crippen LogP contribution in [0.2, 0.25) is 0 Å². The molecule has 3 aromatic rings. The second kappa shape index (κ2) is 11.0. The van der Waals surface area contributed by atoms with Crippen molar-refractivity contribution in [2.45, 2.75) is 44.4 Å². The van der Waals surface area contributed by atoms with Gasteiger partial charge in [0, 0.05) is 37.8 Å². The molecule has 0 N–H and O–H groups in total. The molecule has 0 saturated heterocycles. The molecular weight excluding hydrogens is 476 g/mol. The molecule has 0 atom stereocenters. The minimum atomic E-state index is -3.65. The number of non-ortho nitro benzene ring substituents is 1. The maximum Gasteiger partial charge on any atom is 0.279 e. The third-order valence-corrected chi connectivity index (χ3v) is 8.49. The highest BCUT2D eigenvalue weighted by molar-refractivity contribution is 7.89. The zero-order valence-electron chi connectivity index (χ0n) is 19.4. The maximum atomic E-state index is 13.1. The molecule has 3 rings (SSSR count). The van der Waals surface area contributed by atoms with Crippen molar-refractivity contribution in [3.8, 4) is 0 Å². The number of carbonyl (C=O) groups excluding carboxylic acids is 1. The van der Waals surface area contributed by atoms with E-state index in [1.54, 1.807) is 17.7 Å². The minimum Gasteiger partial charge on any atom is -0.319 e. The Morgan fingerprint density at radius 2 is 1.71 bits per heavy atom. The number of thiazole rings is 1. The first-order valence-electron chi connectivity index (χ1n) is 11.1. The molecule has 11 heteroatoms. The van der Waals surface area contributed by atoms with Gasteiger partial charge in [0.1, 0.15) is 0 Å². The van der Waals surface area contributed by atoms with Crippen LogP contribution in [0, 0.1) is 10.1 Å². The minimum absolute atomic E-state index is 0.0394. The number of benzene rings is 2. The number of amides is 1. The summed E-state index contributed by atoms with van der Waals surface area (Å²) in [6.07, 6.45) is 3.37. The van der Waals surface area contributed by atoms with Gasteiger partial charge in [-0.2, -0.15) is 9.30 Å². The lowest BCUT2D eigenvalue weighted by Crippen LogP contribution is -2.33. The molecule has 1 heterocycles. The summed E-state index contributed by atoms with van der Waals surface area (Å²) in [5.74, 6) is -0.519. The summed E-state index contributed by atoms with van der Waals surface area (Å²) >= 11 is 1.24. The fourth-order valence-electron chi connectivity index (χ4n) is 3.43. The first-order valence-corrected chi connectivity index (χ1v) is 13.4. The van der Waals surface area contributed by atoms with Gasteiger partial charge in [0.05, 0.1) is 20.0 Å². The smallest absolute Gasteiger partial charge is 0.279 e. The number of hydrogen-bond donors (Lipinski definition) is 0. The molecule has 1 amide bonds. The largest absolute Gasteiger partial charge is 0.319 e. The van der Waals surface area contributed by atoms with Crippen LogP contribution in [0.4, 0.5) is 5.69 Å². The van der Waals surface area contributed by atoms with E-state index in [2.05, 4.69) is 4.99 Å². The van der Waals surface area contributed by atoms with Crippen LogP contribution in [0.25, 0.3) is 10.2 Å². The second-order valence-electron chi connectivity index (χ2n) is 7.91. The van der Waals surface area contributed by atoms with Gasteiger partial charge >= 0.3 is 0 Å². The fourth-order valence-corrected chi connectivity index (χ4v) is 5.94. The Labute approximate surface area is 202 Å². The number of carbonyl (C=O) groups is 1. The van der Waals surface area contributed by atoms with E-state index >= 15 is 0 Å².